The average molecular weight is 841 g/mol. The van der Waals surface area contributed by atoms with E-state index in [-0.39, 0.29) is 17.0 Å². The van der Waals surface area contributed by atoms with Gasteiger partial charge in [-0.2, -0.15) is 0 Å². The summed E-state index contributed by atoms with van der Waals surface area (Å²) in [5, 5.41) is 10.8. The standard InChI is InChI=1S/C18H34N2O2.C17H34N2O.C15H24N2O/c1-13(2)17(21)12-20-8-6-15(7-9-20)22-16-10-14(11-16)19-18(3,4)5;1-13(2)12-19-8-6-15(7-9-19)20-16-10-14(11-16)18-17(3,4)5;1-10(2)12-5-6-16-15(7-12)18-14-8-13(9-14)17-11(3)4/h13-16,19H,6-12H2,1-5H3;13-16,18H,6-12H2,1-5H3;5-7,10-11,13-14,17H,8-9H2,1-4H3. The number of nitrogens with zero attached hydrogens (tertiary/aromatic N) is 3. The number of pyridine rings is 1. The normalized spacial score (nSPS) is 27.1. The lowest BCUT2D eigenvalue weighted by atomic mass is 9.87. The molecule has 0 radical (unpaired) electrons. The van der Waals surface area contributed by atoms with E-state index in [0.717, 1.165) is 63.4 Å². The SMILES string of the molecule is CC(C)C(=O)CN1CCC(OC2CC(NC(C)(C)C)C2)CC1.CC(C)CN1CCC(OC2CC(NC(C)(C)C)C2)CC1.CC(C)NC1CC(Oc2cc(C(C)C)ccn2)C1. The molecule has 3 aliphatic carbocycles. The van der Waals surface area contributed by atoms with Crippen LogP contribution in [0.3, 0.4) is 0 Å². The Kier molecular flexibility index (Phi) is 20.3. The predicted molar refractivity (Wildman–Crippen MR) is 249 cm³/mol. The Morgan fingerprint density at radius 3 is 1.57 bits per heavy atom. The van der Waals surface area contributed by atoms with Gasteiger partial charge in [-0.15, -0.1) is 0 Å². The van der Waals surface area contributed by atoms with E-state index in [2.05, 4.69) is 126 Å². The Morgan fingerprint density at radius 1 is 0.683 bits per heavy atom. The second kappa shape index (κ2) is 23.9. The number of hydrogen-bond donors (Lipinski definition) is 3. The van der Waals surface area contributed by atoms with Gasteiger partial charge >= 0.3 is 0 Å². The van der Waals surface area contributed by atoms with Crippen LogP contribution in [-0.4, -0.2) is 126 Å². The number of hydrogen-bond acceptors (Lipinski definition) is 10. The van der Waals surface area contributed by atoms with Crippen LogP contribution in [0.5, 0.6) is 5.88 Å². The van der Waals surface area contributed by atoms with Crippen LogP contribution in [0.1, 0.15) is 173 Å². The number of nitrogens with one attached hydrogen (secondary N) is 3. The molecular weight excluding hydrogens is 749 g/mol. The minimum atomic E-state index is 0.149. The van der Waals surface area contributed by atoms with Crippen LogP contribution in [0.25, 0.3) is 0 Å². The molecule has 1 aromatic heterocycles. The number of carbonyl (C=O) groups excluding carboxylic acids is 1. The number of ether oxygens (including phenoxy) is 3. The van der Waals surface area contributed by atoms with Crippen LogP contribution in [-0.2, 0) is 14.3 Å². The summed E-state index contributed by atoms with van der Waals surface area (Å²) in [5.41, 5.74) is 1.72. The van der Waals surface area contributed by atoms with Crippen molar-refractivity contribution >= 4 is 5.78 Å². The van der Waals surface area contributed by atoms with Gasteiger partial charge in [0.15, 0.2) is 0 Å². The molecule has 0 spiro atoms. The number of carbonyl (C=O) groups is 1. The molecule has 0 aromatic carbocycles. The summed E-state index contributed by atoms with van der Waals surface area (Å²) in [6.45, 7) is 37.0. The van der Waals surface area contributed by atoms with Crippen molar-refractivity contribution in [3.05, 3.63) is 23.9 Å². The summed E-state index contributed by atoms with van der Waals surface area (Å²) < 4.78 is 18.4. The van der Waals surface area contributed by atoms with E-state index in [1.54, 1.807) is 0 Å². The third-order valence-corrected chi connectivity index (χ3v) is 12.3. The van der Waals surface area contributed by atoms with Crippen LogP contribution in [0.2, 0.25) is 0 Å². The molecular formula is C50H92N6O4. The minimum absolute atomic E-state index is 0.149. The summed E-state index contributed by atoms with van der Waals surface area (Å²) in [6, 6.07) is 6.58. The fourth-order valence-corrected chi connectivity index (χ4v) is 9.00. The van der Waals surface area contributed by atoms with Crippen molar-refractivity contribution in [1.29, 1.82) is 0 Å². The van der Waals surface area contributed by atoms with E-state index in [1.165, 1.54) is 50.9 Å². The van der Waals surface area contributed by atoms with Gasteiger partial charge in [0, 0.05) is 86.2 Å². The highest BCUT2D eigenvalue weighted by atomic mass is 16.5. The molecule has 3 heterocycles. The molecule has 2 saturated heterocycles. The monoisotopic (exact) mass is 841 g/mol. The lowest BCUT2D eigenvalue weighted by Gasteiger charge is -2.43. The van der Waals surface area contributed by atoms with Gasteiger partial charge in [0.2, 0.25) is 5.88 Å². The van der Waals surface area contributed by atoms with Crippen molar-refractivity contribution in [1.82, 2.24) is 30.7 Å². The summed E-state index contributed by atoms with van der Waals surface area (Å²) in [7, 11) is 0. The van der Waals surface area contributed by atoms with Crippen molar-refractivity contribution in [2.45, 2.75) is 233 Å². The zero-order valence-electron chi connectivity index (χ0n) is 40.9. The number of piperidine rings is 2. The maximum absolute atomic E-state index is 11.8. The van der Waals surface area contributed by atoms with E-state index in [9.17, 15) is 4.79 Å². The Morgan fingerprint density at radius 2 is 1.15 bits per heavy atom. The zero-order valence-corrected chi connectivity index (χ0v) is 40.9. The first-order valence-corrected chi connectivity index (χ1v) is 24.3. The quantitative estimate of drug-likeness (QED) is 0.150. The first-order valence-electron chi connectivity index (χ1n) is 24.3. The van der Waals surface area contributed by atoms with Crippen molar-refractivity contribution in [2.24, 2.45) is 11.8 Å². The van der Waals surface area contributed by atoms with Crippen molar-refractivity contribution in [3.63, 3.8) is 0 Å². The molecule has 6 rings (SSSR count). The molecule has 0 atom stereocenters. The number of likely N-dealkylation sites (tertiary alicyclic amines) is 2. The van der Waals surface area contributed by atoms with Crippen molar-refractivity contribution < 1.29 is 19.0 Å². The molecule has 60 heavy (non-hydrogen) atoms. The van der Waals surface area contributed by atoms with E-state index in [1.807, 2.05) is 20.0 Å². The van der Waals surface area contributed by atoms with E-state index < -0.39 is 0 Å². The molecule has 3 saturated carbocycles. The number of rotatable bonds is 16. The van der Waals surface area contributed by atoms with Gasteiger partial charge in [0.05, 0.1) is 31.0 Å². The Hall–Kier alpha value is -1.66. The topological polar surface area (TPSA) is 100 Å². The summed E-state index contributed by atoms with van der Waals surface area (Å²) in [6.07, 6.45) is 15.5. The molecule has 0 unspecified atom stereocenters. The summed E-state index contributed by atoms with van der Waals surface area (Å²) in [4.78, 5) is 21.0. The summed E-state index contributed by atoms with van der Waals surface area (Å²) >= 11 is 0. The largest absolute Gasteiger partial charge is 0.474 e. The highest BCUT2D eigenvalue weighted by Crippen LogP contribution is 2.31. The molecule has 3 N–H and O–H groups in total. The van der Waals surface area contributed by atoms with Gasteiger partial charge in [-0.1, -0.05) is 55.4 Å². The minimum Gasteiger partial charge on any atom is -0.474 e. The molecule has 10 nitrogen and oxygen atoms in total. The van der Waals surface area contributed by atoms with Crippen LogP contribution in [0.15, 0.2) is 18.3 Å². The first kappa shape index (κ1) is 51.0. The molecule has 5 aliphatic rings. The average Bonchev–Trinajstić information content (AvgIpc) is 3.09. The molecule has 10 heteroatoms. The lowest BCUT2D eigenvalue weighted by molar-refractivity contribution is -0.124. The molecule has 5 fully saturated rings. The molecule has 0 amide bonds. The lowest BCUT2D eigenvalue weighted by Crippen LogP contribution is -2.53. The fourth-order valence-electron chi connectivity index (χ4n) is 9.00. The van der Waals surface area contributed by atoms with Gasteiger partial charge < -0.3 is 35.1 Å². The van der Waals surface area contributed by atoms with E-state index >= 15 is 0 Å². The maximum atomic E-state index is 11.8. The van der Waals surface area contributed by atoms with Crippen LogP contribution in [0.4, 0.5) is 0 Å². The second-order valence-corrected chi connectivity index (χ2v) is 22.4. The molecule has 2 aliphatic heterocycles. The molecule has 1 aromatic rings. The molecule has 0 bridgehead atoms. The highest BCUT2D eigenvalue weighted by molar-refractivity contribution is 5.82. The third-order valence-electron chi connectivity index (χ3n) is 12.3. The predicted octanol–water partition coefficient (Wildman–Crippen LogP) is 8.77. The second-order valence-electron chi connectivity index (χ2n) is 22.4. The fraction of sp³-hybridized carbons (Fsp3) is 0.880. The maximum Gasteiger partial charge on any atom is 0.213 e. The van der Waals surface area contributed by atoms with E-state index in [4.69, 9.17) is 14.2 Å². The van der Waals surface area contributed by atoms with Gasteiger partial charge in [0.25, 0.3) is 0 Å². The van der Waals surface area contributed by atoms with Gasteiger partial charge in [-0.3, -0.25) is 9.69 Å². The zero-order chi connectivity index (χ0) is 44.2. The Balaban J connectivity index is 0.000000199. The van der Waals surface area contributed by atoms with E-state index in [0.29, 0.717) is 72.9 Å². The Bertz CT molecular complexity index is 1360. The van der Waals surface area contributed by atoms with Crippen LogP contribution in [0, 0.1) is 11.8 Å². The van der Waals surface area contributed by atoms with Gasteiger partial charge in [0.1, 0.15) is 11.9 Å². The van der Waals surface area contributed by atoms with Crippen LogP contribution >= 0.6 is 0 Å². The first-order chi connectivity index (χ1) is 28.1. The van der Waals surface area contributed by atoms with Crippen molar-refractivity contribution in [3.8, 4) is 5.88 Å². The number of ketones is 1. The highest BCUT2D eigenvalue weighted by Gasteiger charge is 2.36. The number of aromatic nitrogens is 1. The molecule has 346 valence electrons. The number of Topliss-reactive ketones (excluding diaryl/α,β-unsaturated/α-hetero) is 1. The Labute approximate surface area is 368 Å². The third kappa shape index (κ3) is 19.4. The van der Waals surface area contributed by atoms with Gasteiger partial charge in [-0.05, 0) is 129 Å². The smallest absolute Gasteiger partial charge is 0.213 e. The van der Waals surface area contributed by atoms with Crippen LogP contribution < -0.4 is 20.7 Å². The van der Waals surface area contributed by atoms with Crippen molar-refractivity contribution in [2.75, 3.05) is 39.3 Å². The summed E-state index contributed by atoms with van der Waals surface area (Å²) in [5.74, 6) is 2.58. The van der Waals surface area contributed by atoms with Gasteiger partial charge in [-0.25, -0.2) is 4.98 Å².